The standard InChI is InChI=1S/C29H32ClN5O4S/c1-18-16-39-17-29(18)8-11-34(12-9-29)23-14-32-24(15-31-23)40-21-6-4-5-19(26(21)30)13-20(36)25-27(37)33-22-7-2-3-10-35(22)28(25)38/h4-6,14-15,18,37H,2-3,7-13,16-17H2,1H3/t18-/m1/s1. The van der Waals surface area contributed by atoms with E-state index in [0.717, 1.165) is 62.7 Å². The Morgan fingerprint density at radius 2 is 2.02 bits per heavy atom. The molecular formula is C29H32ClN5O4S. The molecule has 2 fully saturated rings. The predicted octanol–water partition coefficient (Wildman–Crippen LogP) is 4.56. The molecule has 6 rings (SSSR count). The van der Waals surface area contributed by atoms with Gasteiger partial charge in [0.1, 0.15) is 22.2 Å². The fourth-order valence-corrected chi connectivity index (χ4v) is 7.16. The maximum absolute atomic E-state index is 13.1. The Kier molecular flexibility index (Phi) is 7.58. The Labute approximate surface area is 242 Å². The van der Waals surface area contributed by atoms with Gasteiger partial charge in [-0.15, -0.1) is 0 Å². The average Bonchev–Trinajstić information content (AvgIpc) is 3.30. The molecule has 2 saturated heterocycles. The van der Waals surface area contributed by atoms with Gasteiger partial charge in [0.2, 0.25) is 5.88 Å². The summed E-state index contributed by atoms with van der Waals surface area (Å²) in [5.74, 6) is 0.968. The molecule has 0 saturated carbocycles. The second kappa shape index (κ2) is 11.1. The summed E-state index contributed by atoms with van der Waals surface area (Å²) in [4.78, 5) is 42.5. The van der Waals surface area contributed by atoms with E-state index in [1.54, 1.807) is 18.5 Å². The lowest BCUT2D eigenvalue weighted by Gasteiger charge is -2.41. The van der Waals surface area contributed by atoms with Gasteiger partial charge in [0.25, 0.3) is 5.56 Å². The second-order valence-corrected chi connectivity index (χ2v) is 12.5. The van der Waals surface area contributed by atoms with Crippen molar-refractivity contribution in [1.82, 2.24) is 19.5 Å². The van der Waals surface area contributed by atoms with Gasteiger partial charge in [0, 0.05) is 49.4 Å². The number of carbonyl (C=O) groups is 1. The van der Waals surface area contributed by atoms with Crippen molar-refractivity contribution in [1.29, 1.82) is 0 Å². The molecule has 1 N–H and O–H groups in total. The van der Waals surface area contributed by atoms with Crippen molar-refractivity contribution in [2.24, 2.45) is 11.3 Å². The van der Waals surface area contributed by atoms with Crippen LogP contribution in [0.2, 0.25) is 5.02 Å². The van der Waals surface area contributed by atoms with Crippen LogP contribution in [0.5, 0.6) is 5.88 Å². The van der Waals surface area contributed by atoms with Crippen LogP contribution in [0.25, 0.3) is 0 Å². The molecule has 0 aliphatic carbocycles. The van der Waals surface area contributed by atoms with Gasteiger partial charge < -0.3 is 14.7 Å². The maximum Gasteiger partial charge on any atom is 0.268 e. The molecule has 40 heavy (non-hydrogen) atoms. The van der Waals surface area contributed by atoms with Crippen molar-refractivity contribution in [3.63, 3.8) is 0 Å². The highest BCUT2D eigenvalue weighted by Gasteiger charge is 2.43. The van der Waals surface area contributed by atoms with E-state index in [-0.39, 0.29) is 12.0 Å². The van der Waals surface area contributed by atoms with Gasteiger partial charge in [-0.1, -0.05) is 42.4 Å². The molecule has 3 aliphatic heterocycles. The maximum atomic E-state index is 13.1. The largest absolute Gasteiger partial charge is 0.493 e. The average molecular weight is 582 g/mol. The topological polar surface area (TPSA) is 110 Å². The highest BCUT2D eigenvalue weighted by molar-refractivity contribution is 7.99. The summed E-state index contributed by atoms with van der Waals surface area (Å²) < 4.78 is 7.25. The van der Waals surface area contributed by atoms with Gasteiger partial charge in [-0.2, -0.15) is 4.98 Å². The monoisotopic (exact) mass is 581 g/mol. The molecule has 9 nitrogen and oxygen atoms in total. The number of anilines is 1. The van der Waals surface area contributed by atoms with Crippen LogP contribution in [-0.2, 0) is 24.1 Å². The van der Waals surface area contributed by atoms with Gasteiger partial charge >= 0.3 is 0 Å². The summed E-state index contributed by atoms with van der Waals surface area (Å²) in [5, 5.41) is 11.5. The van der Waals surface area contributed by atoms with Crippen molar-refractivity contribution < 1.29 is 14.6 Å². The fourth-order valence-electron chi connectivity index (χ4n) is 6.05. The van der Waals surface area contributed by atoms with E-state index in [0.29, 0.717) is 45.7 Å². The summed E-state index contributed by atoms with van der Waals surface area (Å²) in [6, 6.07) is 5.42. The smallest absolute Gasteiger partial charge is 0.268 e. The number of piperidine rings is 1. The van der Waals surface area contributed by atoms with E-state index < -0.39 is 17.2 Å². The zero-order chi connectivity index (χ0) is 27.9. The van der Waals surface area contributed by atoms with Crippen molar-refractivity contribution in [3.05, 3.63) is 62.9 Å². The van der Waals surface area contributed by atoms with Crippen LogP contribution in [0.3, 0.4) is 0 Å². The van der Waals surface area contributed by atoms with E-state index in [4.69, 9.17) is 16.3 Å². The van der Waals surface area contributed by atoms with Crippen LogP contribution in [0, 0.1) is 11.3 Å². The minimum atomic E-state index is -0.508. The number of aromatic hydroxyl groups is 1. The Morgan fingerprint density at radius 1 is 1.20 bits per heavy atom. The minimum Gasteiger partial charge on any atom is -0.493 e. The zero-order valence-electron chi connectivity index (χ0n) is 22.4. The van der Waals surface area contributed by atoms with Crippen molar-refractivity contribution in [3.8, 4) is 5.88 Å². The van der Waals surface area contributed by atoms with E-state index in [1.165, 1.54) is 16.3 Å². The molecule has 1 aromatic carbocycles. The third-order valence-corrected chi connectivity index (χ3v) is 10.2. The number of carbonyl (C=O) groups excluding carboxylic acids is 1. The SMILES string of the molecule is C[C@@H]1COCC12CCN(c1cnc(Sc3cccc(CC(=O)c4c(O)nc5n(c4=O)CCCC5)c3Cl)cn1)CC2. The van der Waals surface area contributed by atoms with Crippen LogP contribution < -0.4 is 10.5 Å². The number of nitrogens with zero attached hydrogens (tertiary/aromatic N) is 5. The van der Waals surface area contributed by atoms with Crippen molar-refractivity contribution >= 4 is 35.0 Å². The van der Waals surface area contributed by atoms with Gasteiger partial charge in [-0.05, 0) is 43.2 Å². The molecule has 0 unspecified atom stereocenters. The Balaban J connectivity index is 1.13. The zero-order valence-corrected chi connectivity index (χ0v) is 24.0. The van der Waals surface area contributed by atoms with E-state index in [2.05, 4.69) is 26.8 Å². The summed E-state index contributed by atoms with van der Waals surface area (Å²) in [7, 11) is 0. The number of ether oxygens (including phenoxy) is 1. The normalized spacial score (nSPS) is 20.1. The molecule has 3 aliphatic rings. The first kappa shape index (κ1) is 27.2. The molecular weight excluding hydrogens is 550 g/mol. The number of fused-ring (bicyclic) bond motifs is 1. The first-order chi connectivity index (χ1) is 19.3. The lowest BCUT2D eigenvalue weighted by atomic mass is 9.72. The lowest BCUT2D eigenvalue weighted by Crippen LogP contribution is -2.43. The molecule has 1 spiro atoms. The number of hydrogen-bond donors (Lipinski definition) is 1. The molecule has 0 amide bonds. The lowest BCUT2D eigenvalue weighted by molar-refractivity contribution is 0.0987. The quantitative estimate of drug-likeness (QED) is 0.419. The third kappa shape index (κ3) is 5.12. The van der Waals surface area contributed by atoms with E-state index in [9.17, 15) is 14.7 Å². The summed E-state index contributed by atoms with van der Waals surface area (Å²) in [6.45, 7) is 6.39. The van der Waals surface area contributed by atoms with Gasteiger partial charge in [0.15, 0.2) is 5.78 Å². The third-order valence-electron chi connectivity index (χ3n) is 8.65. The van der Waals surface area contributed by atoms with Gasteiger partial charge in [0.05, 0.1) is 24.0 Å². The first-order valence-electron chi connectivity index (χ1n) is 13.8. The van der Waals surface area contributed by atoms with E-state index >= 15 is 0 Å². The minimum absolute atomic E-state index is 0.123. The second-order valence-electron chi connectivity index (χ2n) is 11.1. The number of aromatic nitrogens is 4. The number of benzene rings is 1. The van der Waals surface area contributed by atoms with Crippen LogP contribution >= 0.6 is 23.4 Å². The van der Waals surface area contributed by atoms with Crippen LogP contribution in [0.15, 0.2) is 45.3 Å². The fraction of sp³-hybridized carbons (Fsp3) is 0.483. The Hall–Kier alpha value is -2.95. The first-order valence-corrected chi connectivity index (χ1v) is 15.0. The van der Waals surface area contributed by atoms with Crippen LogP contribution in [0.1, 0.15) is 54.4 Å². The molecule has 2 aromatic heterocycles. The highest BCUT2D eigenvalue weighted by Crippen LogP contribution is 2.44. The Morgan fingerprint density at radius 3 is 2.75 bits per heavy atom. The molecule has 11 heteroatoms. The number of aryl methyl sites for hydroxylation is 1. The molecule has 3 aromatic rings. The van der Waals surface area contributed by atoms with Gasteiger partial charge in [-0.3, -0.25) is 14.2 Å². The summed E-state index contributed by atoms with van der Waals surface area (Å²) in [6.07, 6.45) is 7.98. The number of Topliss-reactive ketones (excluding diaryl/α,β-unsaturated/α-hetero) is 1. The molecule has 210 valence electrons. The van der Waals surface area contributed by atoms with Crippen molar-refractivity contribution in [2.45, 2.75) is 61.9 Å². The number of halogens is 1. The van der Waals surface area contributed by atoms with Crippen molar-refractivity contribution in [2.75, 3.05) is 31.2 Å². The summed E-state index contributed by atoms with van der Waals surface area (Å²) >= 11 is 8.08. The summed E-state index contributed by atoms with van der Waals surface area (Å²) in [5.41, 5.74) is 0.0978. The van der Waals surface area contributed by atoms with Gasteiger partial charge in [-0.25, -0.2) is 9.97 Å². The molecule has 1 atom stereocenters. The number of hydrogen-bond acceptors (Lipinski definition) is 9. The van der Waals surface area contributed by atoms with Crippen LogP contribution in [-0.4, -0.2) is 56.7 Å². The predicted molar refractivity (Wildman–Crippen MR) is 153 cm³/mol. The Bertz CT molecular complexity index is 1490. The molecule has 0 radical (unpaired) electrons. The highest BCUT2D eigenvalue weighted by atomic mass is 35.5. The number of rotatable bonds is 6. The van der Waals surface area contributed by atoms with E-state index in [1.807, 2.05) is 12.1 Å². The van der Waals surface area contributed by atoms with Crippen LogP contribution in [0.4, 0.5) is 5.82 Å². The molecule has 5 heterocycles. The molecule has 0 bridgehead atoms. The number of ketones is 1.